The fraction of sp³-hybridized carbons (Fsp3) is 0.0714. The number of nitro benzene ring substituents is 1. The summed E-state index contributed by atoms with van der Waals surface area (Å²) >= 11 is 5.61. The van der Waals surface area contributed by atoms with E-state index in [4.69, 9.17) is 22.1 Å². The minimum absolute atomic E-state index is 0.182. The standard InChI is InChI=1S/C14H7ClF4N2O4/c15-9-3-6(14(17,18)19)4-10(16)12(9)25-7-1-2-11(21(23)24)8(5-7)13(20)22/h1-5H,(H2,20,22). The molecule has 2 aromatic rings. The first-order chi connectivity index (χ1) is 11.5. The Balaban J connectivity index is 2.45. The van der Waals surface area contributed by atoms with E-state index in [0.717, 1.165) is 18.2 Å². The highest BCUT2D eigenvalue weighted by Gasteiger charge is 2.32. The normalized spacial score (nSPS) is 11.2. The molecule has 0 aromatic heterocycles. The molecule has 0 saturated carbocycles. The van der Waals surface area contributed by atoms with E-state index < -0.39 is 50.4 Å². The molecule has 25 heavy (non-hydrogen) atoms. The fourth-order valence-electron chi connectivity index (χ4n) is 1.87. The zero-order valence-electron chi connectivity index (χ0n) is 11.9. The van der Waals surface area contributed by atoms with Crippen LogP contribution in [0, 0.1) is 15.9 Å². The van der Waals surface area contributed by atoms with Crippen molar-refractivity contribution in [3.8, 4) is 11.5 Å². The molecule has 6 nitrogen and oxygen atoms in total. The SMILES string of the molecule is NC(=O)c1cc(Oc2c(F)cc(C(F)(F)F)cc2Cl)ccc1[N+](=O)[O-]. The number of hydrogen-bond acceptors (Lipinski definition) is 4. The second-order valence-electron chi connectivity index (χ2n) is 4.67. The zero-order valence-corrected chi connectivity index (χ0v) is 12.7. The Morgan fingerprint density at radius 3 is 2.36 bits per heavy atom. The maximum Gasteiger partial charge on any atom is 0.416 e. The highest BCUT2D eigenvalue weighted by molar-refractivity contribution is 6.32. The average Bonchev–Trinajstić information content (AvgIpc) is 2.49. The number of nitrogens with zero attached hydrogens (tertiary/aromatic N) is 1. The molecule has 132 valence electrons. The molecule has 2 N–H and O–H groups in total. The van der Waals surface area contributed by atoms with Gasteiger partial charge in [-0.05, 0) is 18.2 Å². The number of amides is 1. The van der Waals surface area contributed by atoms with Crippen LogP contribution in [-0.2, 0) is 6.18 Å². The largest absolute Gasteiger partial charge is 0.453 e. The van der Waals surface area contributed by atoms with Crippen molar-refractivity contribution in [3.05, 3.63) is 62.4 Å². The number of hydrogen-bond donors (Lipinski definition) is 1. The van der Waals surface area contributed by atoms with Crippen LogP contribution in [0.25, 0.3) is 0 Å². The summed E-state index contributed by atoms with van der Waals surface area (Å²) < 4.78 is 56.7. The molecule has 0 aliphatic rings. The molecule has 2 aromatic carbocycles. The van der Waals surface area contributed by atoms with Crippen molar-refractivity contribution in [2.45, 2.75) is 6.18 Å². The van der Waals surface area contributed by atoms with Gasteiger partial charge in [0.25, 0.3) is 11.6 Å². The van der Waals surface area contributed by atoms with Crippen LogP contribution in [0.1, 0.15) is 15.9 Å². The summed E-state index contributed by atoms with van der Waals surface area (Å²) in [5, 5.41) is 10.1. The van der Waals surface area contributed by atoms with Gasteiger partial charge in [0.2, 0.25) is 0 Å². The highest BCUT2D eigenvalue weighted by Crippen LogP contribution is 2.39. The fourth-order valence-corrected chi connectivity index (χ4v) is 2.12. The van der Waals surface area contributed by atoms with E-state index in [2.05, 4.69) is 0 Å². The Kier molecular flexibility index (Phi) is 4.84. The number of rotatable bonds is 4. The first kappa shape index (κ1) is 18.5. The number of primary amides is 1. The molecular formula is C14H7ClF4N2O4. The minimum atomic E-state index is -4.81. The molecule has 11 heteroatoms. The van der Waals surface area contributed by atoms with Gasteiger partial charge in [-0.25, -0.2) is 4.39 Å². The molecule has 0 heterocycles. The van der Waals surface area contributed by atoms with Crippen LogP contribution in [0.4, 0.5) is 23.2 Å². The summed E-state index contributed by atoms with van der Waals surface area (Å²) in [7, 11) is 0. The first-order valence-electron chi connectivity index (χ1n) is 6.33. The molecular weight excluding hydrogens is 372 g/mol. The van der Waals surface area contributed by atoms with Crippen LogP contribution >= 0.6 is 11.6 Å². The average molecular weight is 379 g/mol. The first-order valence-corrected chi connectivity index (χ1v) is 6.71. The number of carbonyl (C=O) groups is 1. The summed E-state index contributed by atoms with van der Waals surface area (Å²) in [6.45, 7) is 0. The van der Waals surface area contributed by atoms with Crippen LogP contribution in [0.5, 0.6) is 11.5 Å². The van der Waals surface area contributed by atoms with E-state index in [-0.39, 0.29) is 11.8 Å². The highest BCUT2D eigenvalue weighted by atomic mass is 35.5. The molecule has 0 radical (unpaired) electrons. The van der Waals surface area contributed by atoms with Gasteiger partial charge in [0.15, 0.2) is 11.6 Å². The number of ether oxygens (including phenoxy) is 1. The van der Waals surface area contributed by atoms with Gasteiger partial charge in [-0.3, -0.25) is 14.9 Å². The van der Waals surface area contributed by atoms with Crippen molar-refractivity contribution in [1.82, 2.24) is 0 Å². The van der Waals surface area contributed by atoms with Gasteiger partial charge < -0.3 is 10.5 Å². The van der Waals surface area contributed by atoms with Gasteiger partial charge in [-0.2, -0.15) is 13.2 Å². The predicted molar refractivity (Wildman–Crippen MR) is 78.1 cm³/mol. The number of benzene rings is 2. The second-order valence-corrected chi connectivity index (χ2v) is 5.08. The Labute approximate surface area is 141 Å². The Hall–Kier alpha value is -2.88. The molecule has 1 amide bonds. The summed E-state index contributed by atoms with van der Waals surface area (Å²) in [4.78, 5) is 21.2. The van der Waals surface area contributed by atoms with E-state index in [1.807, 2.05) is 0 Å². The molecule has 0 aliphatic carbocycles. The van der Waals surface area contributed by atoms with Gasteiger partial charge in [-0.1, -0.05) is 11.6 Å². The van der Waals surface area contributed by atoms with E-state index in [9.17, 15) is 32.5 Å². The quantitative estimate of drug-likeness (QED) is 0.487. The van der Waals surface area contributed by atoms with Gasteiger partial charge in [0.1, 0.15) is 11.3 Å². The molecule has 0 bridgehead atoms. The zero-order chi connectivity index (χ0) is 18.9. The lowest BCUT2D eigenvalue weighted by atomic mass is 10.1. The monoisotopic (exact) mass is 378 g/mol. The van der Waals surface area contributed by atoms with E-state index in [1.165, 1.54) is 0 Å². The van der Waals surface area contributed by atoms with Gasteiger partial charge >= 0.3 is 6.18 Å². The molecule has 0 aliphatic heterocycles. The number of halogens is 5. The van der Waals surface area contributed by atoms with Gasteiger partial charge in [0, 0.05) is 12.1 Å². The molecule has 0 spiro atoms. The Bertz CT molecular complexity index is 847. The third kappa shape index (κ3) is 3.97. The smallest absolute Gasteiger partial charge is 0.416 e. The second kappa shape index (κ2) is 6.55. The number of carbonyl (C=O) groups excluding carboxylic acids is 1. The summed E-state index contributed by atoms with van der Waals surface area (Å²) in [5.41, 5.74) is 2.57. The lowest BCUT2D eigenvalue weighted by Crippen LogP contribution is -2.13. The molecule has 0 unspecified atom stereocenters. The number of alkyl halides is 3. The minimum Gasteiger partial charge on any atom is -0.453 e. The van der Waals surface area contributed by atoms with Crippen molar-refractivity contribution in [1.29, 1.82) is 0 Å². The molecule has 0 fully saturated rings. The lowest BCUT2D eigenvalue weighted by molar-refractivity contribution is -0.385. The van der Waals surface area contributed by atoms with Crippen molar-refractivity contribution < 1.29 is 32.0 Å². The van der Waals surface area contributed by atoms with Crippen LogP contribution in [0.15, 0.2) is 30.3 Å². The number of nitrogens with two attached hydrogens (primary N) is 1. The molecule has 2 rings (SSSR count). The Morgan fingerprint density at radius 1 is 1.24 bits per heavy atom. The van der Waals surface area contributed by atoms with Crippen molar-refractivity contribution in [2.75, 3.05) is 0 Å². The molecule has 0 saturated heterocycles. The van der Waals surface area contributed by atoms with Crippen molar-refractivity contribution in [2.24, 2.45) is 5.73 Å². The maximum atomic E-state index is 13.9. The van der Waals surface area contributed by atoms with Gasteiger partial charge in [0.05, 0.1) is 15.5 Å². The van der Waals surface area contributed by atoms with E-state index >= 15 is 0 Å². The van der Waals surface area contributed by atoms with E-state index in [0.29, 0.717) is 6.07 Å². The Morgan fingerprint density at radius 2 is 1.88 bits per heavy atom. The predicted octanol–water partition coefficient (Wildman–Crippen LogP) is 4.30. The van der Waals surface area contributed by atoms with Crippen LogP contribution < -0.4 is 10.5 Å². The maximum absolute atomic E-state index is 13.9. The van der Waals surface area contributed by atoms with Crippen LogP contribution in [-0.4, -0.2) is 10.8 Å². The summed E-state index contributed by atoms with van der Waals surface area (Å²) in [5.74, 6) is -3.56. The lowest BCUT2D eigenvalue weighted by Gasteiger charge is -2.12. The van der Waals surface area contributed by atoms with Gasteiger partial charge in [-0.15, -0.1) is 0 Å². The summed E-state index contributed by atoms with van der Waals surface area (Å²) in [6, 6.07) is 3.39. The van der Waals surface area contributed by atoms with Crippen LogP contribution in [0.3, 0.4) is 0 Å². The summed E-state index contributed by atoms with van der Waals surface area (Å²) in [6.07, 6.45) is -4.81. The van der Waals surface area contributed by atoms with Crippen LogP contribution in [0.2, 0.25) is 5.02 Å². The topological polar surface area (TPSA) is 95.5 Å². The van der Waals surface area contributed by atoms with Crippen molar-refractivity contribution >= 4 is 23.2 Å². The van der Waals surface area contributed by atoms with Crippen molar-refractivity contribution in [3.63, 3.8) is 0 Å². The van der Waals surface area contributed by atoms with E-state index in [1.54, 1.807) is 0 Å². The third-order valence-electron chi connectivity index (χ3n) is 2.98. The number of nitro groups is 1. The molecule has 0 atom stereocenters. The third-order valence-corrected chi connectivity index (χ3v) is 3.26.